The molecule has 0 aromatic heterocycles. The van der Waals surface area contributed by atoms with Crippen molar-refractivity contribution in [2.75, 3.05) is 0 Å². The zero-order valence-electron chi connectivity index (χ0n) is 15.9. The predicted molar refractivity (Wildman–Crippen MR) is 133 cm³/mol. The Morgan fingerprint density at radius 1 is 0.419 bits per heavy atom. The van der Waals surface area contributed by atoms with Gasteiger partial charge in [0.1, 0.15) is 0 Å². The molecule has 0 saturated carbocycles. The van der Waals surface area contributed by atoms with Crippen molar-refractivity contribution >= 4 is 69.4 Å². The molecule has 0 fully saturated rings. The first-order chi connectivity index (χ1) is 15.0. The Balaban J connectivity index is 1.97. The van der Waals surface area contributed by atoms with Crippen molar-refractivity contribution in [1.82, 2.24) is 0 Å². The van der Waals surface area contributed by atoms with Gasteiger partial charge >= 0.3 is 201 Å². The number of hydrogen-bond acceptors (Lipinski definition) is 2. The van der Waals surface area contributed by atoms with Gasteiger partial charge < -0.3 is 0 Å². The number of halogens is 4. The van der Waals surface area contributed by atoms with E-state index in [2.05, 4.69) is 0 Å². The van der Waals surface area contributed by atoms with Crippen LogP contribution in [0.25, 0.3) is 0 Å². The zero-order chi connectivity index (χ0) is 21.7. The van der Waals surface area contributed by atoms with E-state index in [0.29, 0.717) is 0 Å². The van der Waals surface area contributed by atoms with Crippen molar-refractivity contribution in [3.05, 3.63) is 111 Å². The summed E-state index contributed by atoms with van der Waals surface area (Å²) in [5.41, 5.74) is 0. The molecule has 5 rings (SSSR count). The van der Waals surface area contributed by atoms with Crippen LogP contribution in [0.3, 0.4) is 0 Å². The monoisotopic (exact) mass is 506 g/mol. The van der Waals surface area contributed by atoms with Gasteiger partial charge in [0.2, 0.25) is 0 Å². The summed E-state index contributed by atoms with van der Waals surface area (Å²) in [4.78, 5) is 0. The maximum atomic E-state index is 6.94. The zero-order valence-corrected chi connectivity index (χ0v) is 19.9. The molecule has 31 heavy (non-hydrogen) atoms. The van der Waals surface area contributed by atoms with Crippen LogP contribution >= 0.6 is 53.5 Å². The normalized spacial score (nSPS) is 17.0. The molecule has 1 heterocycles. The molecule has 2 nitrogen and oxygen atoms in total. The van der Waals surface area contributed by atoms with Gasteiger partial charge in [0.15, 0.2) is 0 Å². The molecule has 0 atom stereocenters. The third kappa shape index (κ3) is 2.83. The summed E-state index contributed by atoms with van der Waals surface area (Å²) in [5.74, 6) is 0.575. The summed E-state index contributed by atoms with van der Waals surface area (Å²) in [6.07, 6.45) is 0. The van der Waals surface area contributed by atoms with Crippen molar-refractivity contribution in [2.45, 2.75) is 0 Å². The first-order valence-electron chi connectivity index (χ1n) is 9.43. The average Bonchev–Trinajstić information content (AvgIpc) is 3.23. The van der Waals surface area contributed by atoms with E-state index in [4.69, 9.17) is 55.5 Å². The van der Waals surface area contributed by atoms with Crippen molar-refractivity contribution in [3.63, 3.8) is 0 Å². The molecule has 7 heteroatoms. The summed E-state index contributed by atoms with van der Waals surface area (Å²) >= 11 is 26.0. The quantitative estimate of drug-likeness (QED) is 0.163. The number of rotatable bonds is 3. The van der Waals surface area contributed by atoms with Gasteiger partial charge in [-0.1, -0.05) is 0 Å². The molecule has 156 valence electrons. The SMILES string of the molecule is Clc1c(Cl)c(Cl)c2c(c1Cl)OP(c1ccccc1)(c1ccccc1)(c1ccccc1)O2. The molecule has 1 aliphatic heterocycles. The van der Waals surface area contributed by atoms with Crippen molar-refractivity contribution in [3.8, 4) is 11.5 Å². The molecular weight excluding hydrogens is 493 g/mol. The van der Waals surface area contributed by atoms with Crippen LogP contribution in [0.5, 0.6) is 11.5 Å². The summed E-state index contributed by atoms with van der Waals surface area (Å²) < 4.78 is 13.9. The van der Waals surface area contributed by atoms with E-state index in [0.717, 1.165) is 15.9 Å². The molecule has 0 amide bonds. The third-order valence-electron chi connectivity index (χ3n) is 5.39. The molecule has 0 aliphatic carbocycles. The number of fused-ring (bicyclic) bond motifs is 1. The molecule has 4 aromatic carbocycles. The Morgan fingerprint density at radius 2 is 0.710 bits per heavy atom. The van der Waals surface area contributed by atoms with Crippen LogP contribution in [-0.2, 0) is 0 Å². The Bertz CT molecular complexity index is 1140. The molecule has 0 bridgehead atoms. The van der Waals surface area contributed by atoms with Crippen LogP contribution < -0.4 is 25.0 Å². The van der Waals surface area contributed by atoms with Crippen LogP contribution in [-0.4, -0.2) is 0 Å². The summed E-state index contributed by atoms with van der Waals surface area (Å²) in [7, 11) is -4.03. The van der Waals surface area contributed by atoms with Gasteiger partial charge in [0.25, 0.3) is 0 Å². The second-order valence-electron chi connectivity index (χ2n) is 7.06. The van der Waals surface area contributed by atoms with E-state index in [9.17, 15) is 0 Å². The first-order valence-corrected chi connectivity index (χ1v) is 13.0. The Kier molecular flexibility index (Phi) is 5.13. The van der Waals surface area contributed by atoms with Crippen molar-refractivity contribution in [2.24, 2.45) is 0 Å². The topological polar surface area (TPSA) is 18.5 Å². The summed E-state index contributed by atoms with van der Waals surface area (Å²) in [6, 6.07) is 29.5. The predicted octanol–water partition coefficient (Wildman–Crippen LogP) is 7.43. The minimum atomic E-state index is -4.03. The number of hydrogen-bond donors (Lipinski definition) is 0. The van der Waals surface area contributed by atoms with Gasteiger partial charge in [0.05, 0.1) is 0 Å². The summed E-state index contributed by atoms with van der Waals surface area (Å²) in [6.45, 7) is 0. The summed E-state index contributed by atoms with van der Waals surface area (Å²) in [5, 5.41) is 3.18. The molecular formula is C24H15Cl4O2P. The molecule has 4 aromatic rings. The maximum absolute atomic E-state index is 6.94. The third-order valence-corrected chi connectivity index (χ3v) is 11.9. The minimum absolute atomic E-state index is 0.128. The van der Waals surface area contributed by atoms with Gasteiger partial charge in [-0.25, -0.2) is 0 Å². The van der Waals surface area contributed by atoms with Gasteiger partial charge in [-0.3, -0.25) is 0 Å². The fraction of sp³-hybridized carbons (Fsp3) is 0. The second kappa shape index (κ2) is 7.59. The fourth-order valence-electron chi connectivity index (χ4n) is 3.98. The van der Waals surface area contributed by atoms with Gasteiger partial charge in [-0.2, -0.15) is 0 Å². The fourth-order valence-corrected chi connectivity index (χ4v) is 9.73. The molecule has 1 aliphatic rings. The van der Waals surface area contributed by atoms with Crippen LogP contribution in [0.1, 0.15) is 0 Å². The molecule has 0 unspecified atom stereocenters. The molecule has 0 spiro atoms. The van der Waals surface area contributed by atoms with Gasteiger partial charge in [-0.05, 0) is 0 Å². The van der Waals surface area contributed by atoms with Crippen LogP contribution in [0.4, 0.5) is 0 Å². The second-order valence-corrected chi connectivity index (χ2v) is 12.4. The van der Waals surface area contributed by atoms with E-state index in [1.165, 1.54) is 0 Å². The first kappa shape index (κ1) is 20.9. The van der Waals surface area contributed by atoms with Crippen LogP contribution in [0.15, 0.2) is 91.0 Å². The van der Waals surface area contributed by atoms with E-state index in [1.807, 2.05) is 91.0 Å². The Hall–Kier alpha value is -1.93. The van der Waals surface area contributed by atoms with Crippen molar-refractivity contribution in [1.29, 1.82) is 0 Å². The van der Waals surface area contributed by atoms with E-state index in [-0.39, 0.29) is 31.6 Å². The van der Waals surface area contributed by atoms with Crippen molar-refractivity contribution < 1.29 is 9.05 Å². The Morgan fingerprint density at radius 3 is 1.00 bits per heavy atom. The molecule has 0 saturated heterocycles. The standard InChI is InChI=1S/C24H15Cl4O2P/c25-19-20(26)22(28)24-23(21(19)27)29-31(30-24,16-10-4-1-5-11-16,17-12-6-2-7-13-17)18-14-8-3-9-15-18/h1-15H. The molecule has 0 N–H and O–H groups in total. The van der Waals surface area contributed by atoms with E-state index in [1.54, 1.807) is 0 Å². The van der Waals surface area contributed by atoms with Gasteiger partial charge in [0, 0.05) is 0 Å². The van der Waals surface area contributed by atoms with Crippen LogP contribution in [0, 0.1) is 0 Å². The average molecular weight is 508 g/mol. The number of benzene rings is 4. The van der Waals surface area contributed by atoms with Crippen LogP contribution in [0.2, 0.25) is 20.1 Å². The van der Waals surface area contributed by atoms with E-state index < -0.39 is 7.06 Å². The Labute approximate surface area is 200 Å². The van der Waals surface area contributed by atoms with E-state index >= 15 is 0 Å². The molecule has 0 radical (unpaired) electrons. The van der Waals surface area contributed by atoms with Gasteiger partial charge in [-0.15, -0.1) is 0 Å².